The lowest BCUT2D eigenvalue weighted by molar-refractivity contribution is 0.293. The van der Waals surface area contributed by atoms with E-state index in [2.05, 4.69) is 16.8 Å². The zero-order valence-corrected chi connectivity index (χ0v) is 12.2. The molecule has 0 saturated heterocycles. The lowest BCUT2D eigenvalue weighted by Crippen LogP contribution is -2.01. The smallest absolute Gasteiger partial charge is 0.219 e. The molecule has 4 nitrogen and oxygen atoms in total. The van der Waals surface area contributed by atoms with Crippen molar-refractivity contribution in [1.82, 2.24) is 4.98 Å². The van der Waals surface area contributed by atoms with Crippen LogP contribution in [0.5, 0.6) is 11.6 Å². The number of methoxy groups -OCH3 is 1. The van der Waals surface area contributed by atoms with Gasteiger partial charge >= 0.3 is 0 Å². The minimum Gasteiger partial charge on any atom is -0.487 e. The van der Waals surface area contributed by atoms with Crippen molar-refractivity contribution in [3.8, 4) is 23.5 Å². The molecule has 2 N–H and O–H groups in total. The number of aromatic nitrogens is 1. The summed E-state index contributed by atoms with van der Waals surface area (Å²) in [6.45, 7) is 2.71. The van der Waals surface area contributed by atoms with E-state index in [-0.39, 0.29) is 0 Å². The van der Waals surface area contributed by atoms with Crippen molar-refractivity contribution in [2.75, 3.05) is 13.7 Å². The largest absolute Gasteiger partial charge is 0.487 e. The molecule has 1 heterocycles. The first kappa shape index (κ1) is 14.9. The maximum Gasteiger partial charge on any atom is 0.219 e. The highest BCUT2D eigenvalue weighted by atomic mass is 16.5. The Labute approximate surface area is 124 Å². The van der Waals surface area contributed by atoms with Crippen molar-refractivity contribution < 1.29 is 9.47 Å². The molecule has 2 aromatic rings. The topological polar surface area (TPSA) is 57.4 Å². The summed E-state index contributed by atoms with van der Waals surface area (Å²) in [5, 5.41) is 0. The first-order valence-electron chi connectivity index (χ1n) is 6.65. The first-order chi connectivity index (χ1) is 10.2. The van der Waals surface area contributed by atoms with Gasteiger partial charge in [-0.1, -0.05) is 17.9 Å². The highest BCUT2D eigenvalue weighted by molar-refractivity contribution is 5.48. The monoisotopic (exact) mass is 282 g/mol. The summed E-state index contributed by atoms with van der Waals surface area (Å²) in [6.07, 6.45) is 1.69. The summed E-state index contributed by atoms with van der Waals surface area (Å²) >= 11 is 0. The van der Waals surface area contributed by atoms with Crippen LogP contribution < -0.4 is 15.2 Å². The van der Waals surface area contributed by atoms with Crippen LogP contribution in [0.15, 0.2) is 36.5 Å². The Morgan fingerprint density at radius 1 is 1.29 bits per heavy atom. The van der Waals surface area contributed by atoms with Gasteiger partial charge in [-0.3, -0.25) is 0 Å². The third-order valence-corrected chi connectivity index (χ3v) is 2.89. The molecule has 0 aliphatic carbocycles. The number of nitrogens with zero attached hydrogens (tertiary/aromatic N) is 1. The molecule has 0 aliphatic rings. The Morgan fingerprint density at radius 3 is 2.90 bits per heavy atom. The fourth-order valence-corrected chi connectivity index (χ4v) is 1.89. The fraction of sp³-hybridized carbons (Fsp3) is 0.235. The van der Waals surface area contributed by atoms with E-state index >= 15 is 0 Å². The molecule has 1 aromatic carbocycles. The zero-order valence-electron chi connectivity index (χ0n) is 12.2. The average Bonchev–Trinajstić information content (AvgIpc) is 2.52. The number of hydrogen-bond acceptors (Lipinski definition) is 4. The van der Waals surface area contributed by atoms with Crippen LogP contribution in [0.3, 0.4) is 0 Å². The van der Waals surface area contributed by atoms with Gasteiger partial charge in [-0.2, -0.15) is 0 Å². The van der Waals surface area contributed by atoms with Crippen LogP contribution in [0.25, 0.3) is 0 Å². The van der Waals surface area contributed by atoms with E-state index in [1.54, 1.807) is 13.3 Å². The van der Waals surface area contributed by atoms with Crippen LogP contribution in [0.4, 0.5) is 0 Å². The molecule has 0 radical (unpaired) electrons. The minimum atomic E-state index is 0.323. The maximum atomic E-state index is 5.85. The van der Waals surface area contributed by atoms with Crippen LogP contribution >= 0.6 is 0 Å². The summed E-state index contributed by atoms with van der Waals surface area (Å²) in [5.41, 5.74) is 8.28. The van der Waals surface area contributed by atoms with E-state index in [0.717, 1.165) is 22.4 Å². The first-order valence-corrected chi connectivity index (χ1v) is 6.65. The minimum absolute atomic E-state index is 0.323. The molecule has 4 heteroatoms. The van der Waals surface area contributed by atoms with Gasteiger partial charge < -0.3 is 15.2 Å². The van der Waals surface area contributed by atoms with Gasteiger partial charge in [-0.15, -0.1) is 0 Å². The Morgan fingerprint density at radius 2 is 2.14 bits per heavy atom. The lowest BCUT2D eigenvalue weighted by Gasteiger charge is -2.11. The van der Waals surface area contributed by atoms with Gasteiger partial charge in [0.05, 0.1) is 24.8 Å². The van der Waals surface area contributed by atoms with Crippen molar-refractivity contribution in [2.24, 2.45) is 5.73 Å². The van der Waals surface area contributed by atoms with Crippen LogP contribution in [0.1, 0.15) is 16.7 Å². The van der Waals surface area contributed by atoms with Crippen molar-refractivity contribution in [2.45, 2.75) is 13.5 Å². The molecule has 0 bridgehead atoms. The highest BCUT2D eigenvalue weighted by Gasteiger charge is 2.06. The maximum absolute atomic E-state index is 5.85. The quantitative estimate of drug-likeness (QED) is 0.874. The average molecular weight is 282 g/mol. The van der Waals surface area contributed by atoms with Crippen LogP contribution in [-0.2, 0) is 6.61 Å². The van der Waals surface area contributed by atoms with Crippen LogP contribution in [0, 0.1) is 18.8 Å². The summed E-state index contributed by atoms with van der Waals surface area (Å²) in [5.74, 6) is 7.18. The molecule has 0 saturated carbocycles. The summed E-state index contributed by atoms with van der Waals surface area (Å²) in [4.78, 5) is 4.15. The number of nitrogens with two attached hydrogens (primary N) is 1. The predicted octanol–water partition coefficient (Wildman–Crippen LogP) is 2.29. The van der Waals surface area contributed by atoms with Crippen molar-refractivity contribution in [3.05, 3.63) is 53.2 Å². The van der Waals surface area contributed by atoms with Gasteiger partial charge in [0.25, 0.3) is 0 Å². The molecule has 0 fully saturated rings. The zero-order chi connectivity index (χ0) is 15.1. The number of benzene rings is 1. The summed E-state index contributed by atoms with van der Waals surface area (Å²) in [7, 11) is 1.59. The highest BCUT2D eigenvalue weighted by Crippen LogP contribution is 2.22. The van der Waals surface area contributed by atoms with Gasteiger partial charge in [-0.25, -0.2) is 4.98 Å². The number of ether oxygens (including phenoxy) is 2. The molecule has 0 aliphatic heterocycles. The van der Waals surface area contributed by atoms with Crippen molar-refractivity contribution >= 4 is 0 Å². The van der Waals surface area contributed by atoms with E-state index < -0.39 is 0 Å². The molecule has 1 aromatic heterocycles. The number of hydrogen-bond donors (Lipinski definition) is 1. The van der Waals surface area contributed by atoms with Gasteiger partial charge in [0.15, 0.2) is 0 Å². The van der Waals surface area contributed by atoms with Gasteiger partial charge in [0, 0.05) is 6.20 Å². The van der Waals surface area contributed by atoms with Gasteiger partial charge in [-0.05, 0) is 36.8 Å². The standard InChI is InChI=1S/C17H18N2O2/c1-13-7-8-16(14(11-13)5-3-9-18)21-12-15-6-4-10-19-17(15)20-2/h4,6-8,10-11H,9,12,18H2,1-2H3. The van der Waals surface area contributed by atoms with Gasteiger partial charge in [0.2, 0.25) is 5.88 Å². The fourth-order valence-electron chi connectivity index (χ4n) is 1.89. The normalized spacial score (nSPS) is 9.67. The number of pyridine rings is 1. The molecule has 0 unspecified atom stereocenters. The summed E-state index contributed by atoms with van der Waals surface area (Å²) in [6, 6.07) is 9.66. The number of rotatable bonds is 4. The summed E-state index contributed by atoms with van der Waals surface area (Å²) < 4.78 is 11.1. The molecule has 0 amide bonds. The molecular weight excluding hydrogens is 264 g/mol. The molecule has 0 spiro atoms. The second-order valence-electron chi connectivity index (χ2n) is 4.47. The molecular formula is C17H18N2O2. The predicted molar refractivity (Wildman–Crippen MR) is 82.2 cm³/mol. The van der Waals surface area contributed by atoms with Crippen LogP contribution in [0.2, 0.25) is 0 Å². The molecule has 21 heavy (non-hydrogen) atoms. The number of aryl methyl sites for hydroxylation is 1. The van der Waals surface area contributed by atoms with Gasteiger partial charge in [0.1, 0.15) is 12.4 Å². The van der Waals surface area contributed by atoms with E-state index in [9.17, 15) is 0 Å². The second-order valence-corrected chi connectivity index (χ2v) is 4.47. The van der Waals surface area contributed by atoms with E-state index in [0.29, 0.717) is 19.0 Å². The molecule has 108 valence electrons. The third kappa shape index (κ3) is 3.98. The van der Waals surface area contributed by atoms with E-state index in [1.807, 2.05) is 37.3 Å². The van der Waals surface area contributed by atoms with E-state index in [4.69, 9.17) is 15.2 Å². The SMILES string of the molecule is COc1ncccc1COc1ccc(C)cc1C#CCN. The van der Waals surface area contributed by atoms with Crippen molar-refractivity contribution in [1.29, 1.82) is 0 Å². The van der Waals surface area contributed by atoms with Crippen LogP contribution in [-0.4, -0.2) is 18.6 Å². The Bertz CT molecular complexity index is 672. The third-order valence-electron chi connectivity index (χ3n) is 2.89. The molecule has 2 rings (SSSR count). The lowest BCUT2D eigenvalue weighted by atomic mass is 10.1. The van der Waals surface area contributed by atoms with Crippen molar-refractivity contribution in [3.63, 3.8) is 0 Å². The second kappa shape index (κ2) is 7.32. The van der Waals surface area contributed by atoms with E-state index in [1.165, 1.54) is 0 Å². The Hall–Kier alpha value is -2.51. The Kier molecular flexibility index (Phi) is 5.19. The molecule has 0 atom stereocenters. The Balaban J connectivity index is 2.20.